The lowest BCUT2D eigenvalue weighted by Gasteiger charge is -2.10. The van der Waals surface area contributed by atoms with Crippen molar-refractivity contribution in [2.24, 2.45) is 0 Å². The second kappa shape index (κ2) is 6.80. The lowest BCUT2D eigenvalue weighted by molar-refractivity contribution is 0.399. The molecule has 0 atom stereocenters. The van der Waals surface area contributed by atoms with Gasteiger partial charge in [0.15, 0.2) is 0 Å². The van der Waals surface area contributed by atoms with Gasteiger partial charge in [0.05, 0.1) is 30.2 Å². The van der Waals surface area contributed by atoms with Crippen LogP contribution in [0.1, 0.15) is 11.3 Å². The van der Waals surface area contributed by atoms with E-state index in [1.165, 1.54) is 19.4 Å². The van der Waals surface area contributed by atoms with Gasteiger partial charge < -0.3 is 10.5 Å². The maximum Gasteiger partial charge on any atom is 0.221 e. The molecule has 2 N–H and O–H groups in total. The summed E-state index contributed by atoms with van der Waals surface area (Å²) in [5.41, 5.74) is 8.65. The monoisotopic (exact) mass is 344 g/mol. The number of hydrogen-bond acceptors (Lipinski definition) is 5. The van der Waals surface area contributed by atoms with Crippen LogP contribution in [-0.4, -0.2) is 22.1 Å². The van der Waals surface area contributed by atoms with E-state index in [-0.39, 0.29) is 5.02 Å². The van der Waals surface area contributed by atoms with Gasteiger partial charge in [0.25, 0.3) is 0 Å². The molecule has 3 aromatic rings. The van der Waals surface area contributed by atoms with Crippen LogP contribution in [0.25, 0.3) is 11.1 Å². The van der Waals surface area contributed by atoms with Gasteiger partial charge in [0.2, 0.25) is 5.88 Å². The van der Waals surface area contributed by atoms with Gasteiger partial charge >= 0.3 is 0 Å². The third kappa shape index (κ3) is 3.44. The highest BCUT2D eigenvalue weighted by Crippen LogP contribution is 2.31. The molecule has 2 aromatic heterocycles. The first-order valence-corrected chi connectivity index (χ1v) is 7.49. The van der Waals surface area contributed by atoms with Gasteiger partial charge in [-0.05, 0) is 29.3 Å². The van der Waals surface area contributed by atoms with E-state index in [0.29, 0.717) is 18.1 Å². The van der Waals surface area contributed by atoms with E-state index in [0.717, 1.165) is 22.4 Å². The Morgan fingerprint density at radius 2 is 1.96 bits per heavy atom. The third-order valence-electron chi connectivity index (χ3n) is 3.44. The molecule has 0 radical (unpaired) electrons. The number of nitrogens with zero attached hydrogens (tertiary/aromatic N) is 3. The van der Waals surface area contributed by atoms with E-state index >= 15 is 0 Å². The Hall–Kier alpha value is -2.73. The lowest BCUT2D eigenvalue weighted by atomic mass is 10.0. The number of anilines is 1. The fourth-order valence-electron chi connectivity index (χ4n) is 2.29. The van der Waals surface area contributed by atoms with Crippen molar-refractivity contribution in [3.05, 3.63) is 65.0 Å². The van der Waals surface area contributed by atoms with Gasteiger partial charge in [-0.15, -0.1) is 0 Å². The molecule has 0 bridgehead atoms. The summed E-state index contributed by atoms with van der Waals surface area (Å²) in [5, 5.41) is 0.0457. The fraction of sp³-hybridized carbons (Fsp3) is 0.118. The standard InChI is InChI=1S/C17H14ClFN4O/c1-24-17-13(11-2-3-15(19)14(18)6-11)5-10(7-23-17)4-12-8-22-16(20)9-21-12/h2-3,5-9H,4H2,1H3,(H2,20,22). The summed E-state index contributed by atoms with van der Waals surface area (Å²) in [7, 11) is 1.53. The number of pyridine rings is 1. The Morgan fingerprint density at radius 3 is 2.62 bits per heavy atom. The predicted molar refractivity (Wildman–Crippen MR) is 90.4 cm³/mol. The summed E-state index contributed by atoms with van der Waals surface area (Å²) in [6.07, 6.45) is 5.36. The minimum absolute atomic E-state index is 0.0457. The molecule has 0 saturated carbocycles. The molecular weight excluding hydrogens is 331 g/mol. The number of nitrogen functional groups attached to an aromatic ring is 1. The van der Waals surface area contributed by atoms with Crippen LogP contribution >= 0.6 is 11.6 Å². The van der Waals surface area contributed by atoms with Crippen LogP contribution < -0.4 is 10.5 Å². The third-order valence-corrected chi connectivity index (χ3v) is 3.73. The molecule has 5 nitrogen and oxygen atoms in total. The van der Waals surface area contributed by atoms with Gasteiger partial charge in [-0.25, -0.2) is 14.4 Å². The van der Waals surface area contributed by atoms with Crippen molar-refractivity contribution in [3.63, 3.8) is 0 Å². The minimum atomic E-state index is -0.472. The van der Waals surface area contributed by atoms with E-state index in [1.807, 2.05) is 6.07 Å². The van der Waals surface area contributed by atoms with Crippen molar-refractivity contribution < 1.29 is 9.13 Å². The summed E-state index contributed by atoms with van der Waals surface area (Å²) in [6.45, 7) is 0. The van der Waals surface area contributed by atoms with Crippen LogP contribution in [-0.2, 0) is 6.42 Å². The highest BCUT2D eigenvalue weighted by Gasteiger charge is 2.11. The maximum atomic E-state index is 13.4. The van der Waals surface area contributed by atoms with Gasteiger partial charge in [0, 0.05) is 18.2 Å². The molecule has 0 aliphatic rings. The molecular formula is C17H14ClFN4O. The minimum Gasteiger partial charge on any atom is -0.481 e. The van der Waals surface area contributed by atoms with Crippen LogP contribution in [0.2, 0.25) is 5.02 Å². The lowest BCUT2D eigenvalue weighted by Crippen LogP contribution is -1.99. The van der Waals surface area contributed by atoms with Crippen molar-refractivity contribution in [3.8, 4) is 17.0 Å². The van der Waals surface area contributed by atoms with Crippen molar-refractivity contribution >= 4 is 17.4 Å². The second-order valence-corrected chi connectivity index (χ2v) is 5.55. The Labute approximate surface area is 143 Å². The van der Waals surface area contributed by atoms with E-state index in [2.05, 4.69) is 15.0 Å². The molecule has 122 valence electrons. The largest absolute Gasteiger partial charge is 0.481 e. The van der Waals surface area contributed by atoms with Crippen molar-refractivity contribution in [2.45, 2.75) is 6.42 Å². The summed E-state index contributed by atoms with van der Waals surface area (Å²) in [4.78, 5) is 12.6. The molecule has 0 aliphatic carbocycles. The normalized spacial score (nSPS) is 10.6. The Bertz CT molecular complexity index is 871. The van der Waals surface area contributed by atoms with Gasteiger partial charge in [-0.1, -0.05) is 17.7 Å². The first kappa shape index (κ1) is 16.1. The van der Waals surface area contributed by atoms with E-state index in [9.17, 15) is 4.39 Å². The number of aromatic nitrogens is 3. The SMILES string of the molecule is COc1ncc(Cc2cnc(N)cn2)cc1-c1ccc(F)c(Cl)c1. The summed E-state index contributed by atoms with van der Waals surface area (Å²) in [6, 6.07) is 6.40. The molecule has 1 aromatic carbocycles. The Kier molecular flexibility index (Phi) is 4.57. The average Bonchev–Trinajstić information content (AvgIpc) is 2.59. The molecule has 0 unspecified atom stereocenters. The van der Waals surface area contributed by atoms with Gasteiger partial charge in [-0.2, -0.15) is 0 Å². The van der Waals surface area contributed by atoms with Crippen molar-refractivity contribution in [1.29, 1.82) is 0 Å². The van der Waals surface area contributed by atoms with Crippen LogP contribution in [0.15, 0.2) is 42.9 Å². The predicted octanol–water partition coefficient (Wildman–Crippen LogP) is 3.51. The molecule has 7 heteroatoms. The molecule has 0 fully saturated rings. The van der Waals surface area contributed by atoms with Crippen LogP contribution in [0.3, 0.4) is 0 Å². The van der Waals surface area contributed by atoms with Crippen LogP contribution in [0.4, 0.5) is 10.2 Å². The van der Waals surface area contributed by atoms with Crippen LogP contribution in [0, 0.1) is 5.82 Å². The highest BCUT2D eigenvalue weighted by molar-refractivity contribution is 6.31. The van der Waals surface area contributed by atoms with Crippen molar-refractivity contribution in [2.75, 3.05) is 12.8 Å². The molecule has 2 heterocycles. The zero-order chi connectivity index (χ0) is 17.1. The average molecular weight is 345 g/mol. The number of ether oxygens (including phenoxy) is 1. The quantitative estimate of drug-likeness (QED) is 0.784. The second-order valence-electron chi connectivity index (χ2n) is 5.14. The molecule has 0 aliphatic heterocycles. The zero-order valence-corrected chi connectivity index (χ0v) is 13.6. The van der Waals surface area contributed by atoms with E-state index in [1.54, 1.807) is 24.5 Å². The zero-order valence-electron chi connectivity index (χ0n) is 12.8. The maximum absolute atomic E-state index is 13.4. The fourth-order valence-corrected chi connectivity index (χ4v) is 2.47. The summed E-state index contributed by atoms with van der Waals surface area (Å²) < 4.78 is 18.7. The summed E-state index contributed by atoms with van der Waals surface area (Å²) >= 11 is 5.88. The van der Waals surface area contributed by atoms with Gasteiger partial charge in [-0.3, -0.25) is 4.98 Å². The number of benzene rings is 1. The molecule has 0 amide bonds. The first-order chi connectivity index (χ1) is 11.6. The van der Waals surface area contributed by atoms with Gasteiger partial charge in [0.1, 0.15) is 11.6 Å². The number of methoxy groups -OCH3 is 1. The Morgan fingerprint density at radius 1 is 1.12 bits per heavy atom. The highest BCUT2D eigenvalue weighted by atomic mass is 35.5. The molecule has 0 saturated heterocycles. The summed E-state index contributed by atoms with van der Waals surface area (Å²) in [5.74, 6) is 0.332. The topological polar surface area (TPSA) is 73.9 Å². The number of nitrogens with two attached hydrogens (primary N) is 1. The van der Waals surface area contributed by atoms with Crippen LogP contribution in [0.5, 0.6) is 5.88 Å². The number of rotatable bonds is 4. The van der Waals surface area contributed by atoms with Crippen molar-refractivity contribution in [1.82, 2.24) is 15.0 Å². The molecule has 24 heavy (non-hydrogen) atoms. The number of hydrogen-bond donors (Lipinski definition) is 1. The molecule has 0 spiro atoms. The Balaban J connectivity index is 1.98. The number of halogens is 2. The van der Waals surface area contributed by atoms with E-state index < -0.39 is 5.82 Å². The first-order valence-electron chi connectivity index (χ1n) is 7.11. The smallest absolute Gasteiger partial charge is 0.221 e. The molecule has 3 rings (SSSR count). The van der Waals surface area contributed by atoms with E-state index in [4.69, 9.17) is 22.1 Å².